The highest BCUT2D eigenvalue weighted by molar-refractivity contribution is 5.32. The first kappa shape index (κ1) is 14.7. The molecular weight excluding hydrogens is 251 g/mol. The Kier molecular flexibility index (Phi) is 4.53. The topological polar surface area (TPSA) is 38.0 Å². The van der Waals surface area contributed by atoms with Crippen LogP contribution in [-0.2, 0) is 6.42 Å². The Labute approximate surface area is 119 Å². The van der Waals surface area contributed by atoms with E-state index >= 15 is 0 Å². The quantitative estimate of drug-likeness (QED) is 0.660. The molecule has 0 aromatic heterocycles. The Hall–Kier alpha value is -1.71. The summed E-state index contributed by atoms with van der Waals surface area (Å²) in [4.78, 5) is 0. The zero-order valence-electron chi connectivity index (χ0n) is 12.2. The van der Waals surface area contributed by atoms with Gasteiger partial charge in [-0.25, -0.2) is 4.39 Å². The smallest absolute Gasteiger partial charge is 0.130 e. The molecule has 0 fully saturated rings. The van der Waals surface area contributed by atoms with E-state index in [4.69, 9.17) is 5.84 Å². The van der Waals surface area contributed by atoms with Gasteiger partial charge in [0.2, 0.25) is 0 Å². The maximum atomic E-state index is 14.2. The molecule has 2 aromatic rings. The van der Waals surface area contributed by atoms with E-state index in [1.54, 1.807) is 19.1 Å². The van der Waals surface area contributed by atoms with Crippen molar-refractivity contribution in [1.29, 1.82) is 0 Å². The number of hydrogen-bond acceptors (Lipinski definition) is 2. The first-order valence-electron chi connectivity index (χ1n) is 6.79. The Bertz CT molecular complexity index is 588. The maximum Gasteiger partial charge on any atom is 0.130 e. The Morgan fingerprint density at radius 3 is 2.35 bits per heavy atom. The summed E-state index contributed by atoms with van der Waals surface area (Å²) >= 11 is 0. The minimum atomic E-state index is -0.226. The molecule has 1 atom stereocenters. The third kappa shape index (κ3) is 3.24. The fraction of sp³-hybridized carbons (Fsp3) is 0.294. The third-order valence-corrected chi connectivity index (χ3v) is 3.52. The minimum absolute atomic E-state index is 0.181. The van der Waals surface area contributed by atoms with Gasteiger partial charge in [-0.15, -0.1) is 0 Å². The van der Waals surface area contributed by atoms with Crippen LogP contribution < -0.4 is 11.3 Å². The van der Waals surface area contributed by atoms with Crippen LogP contribution in [-0.4, -0.2) is 0 Å². The van der Waals surface area contributed by atoms with Gasteiger partial charge in [0.05, 0.1) is 6.04 Å². The van der Waals surface area contributed by atoms with E-state index in [2.05, 4.69) is 37.5 Å². The standard InChI is InChI=1S/C17H21FN2/c1-11-7-12(2)9-14(8-11)10-16(20-19)15-6-4-5-13(3)17(15)18/h4-9,16,20H,10,19H2,1-3H3. The fourth-order valence-electron chi connectivity index (χ4n) is 2.62. The molecule has 3 heteroatoms. The van der Waals surface area contributed by atoms with E-state index in [0.717, 1.165) is 5.56 Å². The molecule has 3 N–H and O–H groups in total. The third-order valence-electron chi connectivity index (χ3n) is 3.52. The van der Waals surface area contributed by atoms with Gasteiger partial charge in [-0.3, -0.25) is 11.3 Å². The van der Waals surface area contributed by atoms with Crippen LogP contribution in [0.1, 0.15) is 33.9 Å². The normalized spacial score (nSPS) is 12.4. The highest BCUT2D eigenvalue weighted by Crippen LogP contribution is 2.23. The second-order valence-corrected chi connectivity index (χ2v) is 5.40. The summed E-state index contributed by atoms with van der Waals surface area (Å²) in [5.74, 6) is 5.45. The largest absolute Gasteiger partial charge is 0.271 e. The average Bonchev–Trinajstić information content (AvgIpc) is 2.38. The zero-order chi connectivity index (χ0) is 14.7. The zero-order valence-corrected chi connectivity index (χ0v) is 12.2. The lowest BCUT2D eigenvalue weighted by molar-refractivity contribution is 0.507. The number of benzene rings is 2. The van der Waals surface area contributed by atoms with Crippen molar-refractivity contribution in [3.63, 3.8) is 0 Å². The fourth-order valence-corrected chi connectivity index (χ4v) is 2.62. The number of nitrogens with two attached hydrogens (primary N) is 1. The summed E-state index contributed by atoms with van der Waals surface area (Å²) in [7, 11) is 0. The van der Waals surface area contributed by atoms with E-state index in [9.17, 15) is 4.39 Å². The number of nitrogens with one attached hydrogen (secondary N) is 1. The van der Waals surface area contributed by atoms with Crippen molar-refractivity contribution in [1.82, 2.24) is 5.43 Å². The van der Waals surface area contributed by atoms with Crippen LogP contribution in [0.3, 0.4) is 0 Å². The predicted octanol–water partition coefficient (Wildman–Crippen LogP) is 3.50. The second-order valence-electron chi connectivity index (χ2n) is 5.40. The van der Waals surface area contributed by atoms with Crippen LogP contribution in [0.4, 0.5) is 4.39 Å². The second kappa shape index (κ2) is 6.16. The first-order chi connectivity index (χ1) is 9.51. The number of halogens is 1. The summed E-state index contributed by atoms with van der Waals surface area (Å²) in [5.41, 5.74) is 7.57. The summed E-state index contributed by atoms with van der Waals surface area (Å²) in [6.45, 7) is 5.90. The van der Waals surface area contributed by atoms with Crippen LogP contribution >= 0.6 is 0 Å². The van der Waals surface area contributed by atoms with Crippen LogP contribution in [0.2, 0.25) is 0 Å². The van der Waals surface area contributed by atoms with Crippen molar-refractivity contribution in [2.75, 3.05) is 0 Å². The van der Waals surface area contributed by atoms with Gasteiger partial charge in [-0.1, -0.05) is 47.5 Å². The van der Waals surface area contributed by atoms with Gasteiger partial charge in [0, 0.05) is 5.56 Å². The van der Waals surface area contributed by atoms with Crippen molar-refractivity contribution in [2.45, 2.75) is 33.2 Å². The molecule has 2 rings (SSSR count). The van der Waals surface area contributed by atoms with Gasteiger partial charge in [-0.05, 0) is 38.3 Å². The van der Waals surface area contributed by atoms with Crippen LogP contribution in [0, 0.1) is 26.6 Å². The summed E-state index contributed by atoms with van der Waals surface area (Å²) in [6.07, 6.45) is 0.666. The van der Waals surface area contributed by atoms with Crippen LogP contribution in [0.25, 0.3) is 0 Å². The van der Waals surface area contributed by atoms with Crippen molar-refractivity contribution >= 4 is 0 Å². The van der Waals surface area contributed by atoms with Crippen LogP contribution in [0.5, 0.6) is 0 Å². The van der Waals surface area contributed by atoms with Gasteiger partial charge < -0.3 is 0 Å². The van der Waals surface area contributed by atoms with E-state index in [0.29, 0.717) is 17.5 Å². The Balaban J connectivity index is 2.31. The summed E-state index contributed by atoms with van der Waals surface area (Å²) < 4.78 is 14.2. The summed E-state index contributed by atoms with van der Waals surface area (Å²) in [5, 5.41) is 0. The maximum absolute atomic E-state index is 14.2. The van der Waals surface area contributed by atoms with Gasteiger partial charge in [0.15, 0.2) is 0 Å². The minimum Gasteiger partial charge on any atom is -0.271 e. The average molecular weight is 272 g/mol. The monoisotopic (exact) mass is 272 g/mol. The Morgan fingerprint density at radius 2 is 1.75 bits per heavy atom. The molecule has 0 spiro atoms. The molecule has 0 saturated heterocycles. The molecule has 1 unspecified atom stereocenters. The predicted molar refractivity (Wildman–Crippen MR) is 80.8 cm³/mol. The first-order valence-corrected chi connectivity index (χ1v) is 6.79. The van der Waals surface area contributed by atoms with E-state index in [1.165, 1.54) is 11.1 Å². The number of hydrogen-bond donors (Lipinski definition) is 2. The lowest BCUT2D eigenvalue weighted by Crippen LogP contribution is -2.30. The van der Waals surface area contributed by atoms with E-state index in [-0.39, 0.29) is 11.9 Å². The van der Waals surface area contributed by atoms with Crippen molar-refractivity contribution in [3.05, 3.63) is 70.0 Å². The molecule has 0 amide bonds. The number of aryl methyl sites for hydroxylation is 3. The summed E-state index contributed by atoms with van der Waals surface area (Å²) in [6, 6.07) is 11.5. The molecule has 0 radical (unpaired) electrons. The molecule has 20 heavy (non-hydrogen) atoms. The van der Waals surface area contributed by atoms with Crippen molar-refractivity contribution in [3.8, 4) is 0 Å². The molecule has 0 aliphatic heterocycles. The molecule has 2 nitrogen and oxygen atoms in total. The van der Waals surface area contributed by atoms with Crippen molar-refractivity contribution < 1.29 is 4.39 Å². The van der Waals surface area contributed by atoms with Gasteiger partial charge >= 0.3 is 0 Å². The molecule has 0 saturated carbocycles. The van der Waals surface area contributed by atoms with Gasteiger partial charge in [-0.2, -0.15) is 0 Å². The Morgan fingerprint density at radius 1 is 1.10 bits per heavy atom. The lowest BCUT2D eigenvalue weighted by Gasteiger charge is -2.18. The van der Waals surface area contributed by atoms with E-state index < -0.39 is 0 Å². The SMILES string of the molecule is Cc1cc(C)cc(CC(NN)c2cccc(C)c2F)c1. The van der Waals surface area contributed by atoms with Gasteiger partial charge in [0.25, 0.3) is 0 Å². The number of hydrazine groups is 1. The highest BCUT2D eigenvalue weighted by atomic mass is 19.1. The molecule has 0 heterocycles. The van der Waals surface area contributed by atoms with Crippen LogP contribution in [0.15, 0.2) is 36.4 Å². The highest BCUT2D eigenvalue weighted by Gasteiger charge is 2.16. The molecule has 0 aliphatic carbocycles. The molecule has 2 aromatic carbocycles. The number of rotatable bonds is 4. The molecule has 0 aliphatic rings. The molecule has 106 valence electrons. The molecule has 0 bridgehead atoms. The lowest BCUT2D eigenvalue weighted by atomic mass is 9.95. The van der Waals surface area contributed by atoms with Crippen molar-refractivity contribution in [2.24, 2.45) is 5.84 Å². The molecular formula is C17H21FN2. The van der Waals surface area contributed by atoms with E-state index in [1.807, 2.05) is 6.07 Å². The van der Waals surface area contributed by atoms with Gasteiger partial charge in [0.1, 0.15) is 5.82 Å².